The van der Waals surface area contributed by atoms with Gasteiger partial charge in [-0.1, -0.05) is 0 Å². The zero-order valence-corrected chi connectivity index (χ0v) is 13.5. The number of hydrogen-bond donors (Lipinski definition) is 1. The normalized spacial score (nSPS) is 17.6. The molecule has 3 rings (SSSR count). The van der Waals surface area contributed by atoms with Gasteiger partial charge in [-0.3, -0.25) is 4.79 Å². The van der Waals surface area contributed by atoms with Gasteiger partial charge in [0.1, 0.15) is 0 Å². The third-order valence-electron chi connectivity index (χ3n) is 4.27. The van der Waals surface area contributed by atoms with Crippen molar-refractivity contribution >= 4 is 5.91 Å². The van der Waals surface area contributed by atoms with Crippen LogP contribution in [-0.4, -0.2) is 45.6 Å². The first-order chi connectivity index (χ1) is 10.5. The minimum Gasteiger partial charge on any atom is -0.384 e. The molecular formula is C16H22N4O2. The van der Waals surface area contributed by atoms with E-state index in [0.29, 0.717) is 19.7 Å². The number of fused-ring (bicyclic) bond motifs is 1. The molecular weight excluding hydrogens is 280 g/mol. The summed E-state index contributed by atoms with van der Waals surface area (Å²) >= 11 is 0. The lowest BCUT2D eigenvalue weighted by Gasteiger charge is -2.32. The number of carbonyl (C=O) groups excluding carboxylic acids is 1. The third kappa shape index (κ3) is 2.43. The Balaban J connectivity index is 1.90. The first-order valence-corrected chi connectivity index (χ1v) is 7.45. The van der Waals surface area contributed by atoms with E-state index in [9.17, 15) is 4.79 Å². The molecule has 1 aliphatic rings. The van der Waals surface area contributed by atoms with Gasteiger partial charge in [0.25, 0.3) is 5.91 Å². The molecule has 0 saturated carbocycles. The molecule has 0 spiro atoms. The van der Waals surface area contributed by atoms with Crippen LogP contribution in [-0.2, 0) is 18.3 Å². The predicted octanol–water partition coefficient (Wildman–Crippen LogP) is 1.75. The van der Waals surface area contributed by atoms with Gasteiger partial charge in [0, 0.05) is 43.7 Å². The second kappa shape index (κ2) is 5.61. The SMILES string of the molecule is COC[C@@H]1CN(C(=O)c2cc(C)[nH]c2C)Cc2ncn(C)c21. The highest BCUT2D eigenvalue weighted by Crippen LogP contribution is 2.29. The van der Waals surface area contributed by atoms with E-state index >= 15 is 0 Å². The highest BCUT2D eigenvalue weighted by atomic mass is 16.5. The number of H-pyrrole nitrogens is 1. The molecule has 0 fully saturated rings. The van der Waals surface area contributed by atoms with E-state index in [1.807, 2.05) is 42.8 Å². The molecule has 118 valence electrons. The highest BCUT2D eigenvalue weighted by molar-refractivity contribution is 5.95. The van der Waals surface area contributed by atoms with Gasteiger partial charge in [0.05, 0.1) is 30.7 Å². The summed E-state index contributed by atoms with van der Waals surface area (Å²) < 4.78 is 7.37. The van der Waals surface area contributed by atoms with Crippen molar-refractivity contribution in [2.75, 3.05) is 20.3 Å². The number of amides is 1. The lowest BCUT2D eigenvalue weighted by molar-refractivity contribution is 0.0672. The Morgan fingerprint density at radius 2 is 2.27 bits per heavy atom. The second-order valence-corrected chi connectivity index (χ2v) is 6.02. The maximum absolute atomic E-state index is 12.8. The van der Waals surface area contributed by atoms with Crippen molar-refractivity contribution in [3.63, 3.8) is 0 Å². The summed E-state index contributed by atoms with van der Waals surface area (Å²) in [6.07, 6.45) is 1.81. The van der Waals surface area contributed by atoms with Gasteiger partial charge in [-0.05, 0) is 19.9 Å². The van der Waals surface area contributed by atoms with Gasteiger partial charge >= 0.3 is 0 Å². The summed E-state index contributed by atoms with van der Waals surface area (Å²) in [5.41, 5.74) is 4.80. The van der Waals surface area contributed by atoms with Crippen LogP contribution >= 0.6 is 0 Å². The lowest BCUT2D eigenvalue weighted by atomic mass is 9.98. The van der Waals surface area contributed by atoms with Crippen LogP contribution in [0.15, 0.2) is 12.4 Å². The predicted molar refractivity (Wildman–Crippen MR) is 82.8 cm³/mol. The summed E-state index contributed by atoms with van der Waals surface area (Å²) in [6.45, 7) is 5.69. The number of imidazole rings is 1. The quantitative estimate of drug-likeness (QED) is 0.939. The van der Waals surface area contributed by atoms with Crippen molar-refractivity contribution < 1.29 is 9.53 Å². The van der Waals surface area contributed by atoms with Crippen molar-refractivity contribution in [2.45, 2.75) is 26.3 Å². The number of hydrogen-bond acceptors (Lipinski definition) is 3. The Morgan fingerprint density at radius 3 is 2.91 bits per heavy atom. The average Bonchev–Trinajstić information content (AvgIpc) is 3.01. The van der Waals surface area contributed by atoms with Crippen molar-refractivity contribution in [2.24, 2.45) is 7.05 Å². The topological polar surface area (TPSA) is 63.1 Å². The van der Waals surface area contributed by atoms with Crippen LogP contribution in [0.1, 0.15) is 39.1 Å². The molecule has 1 atom stereocenters. The Morgan fingerprint density at radius 1 is 1.50 bits per heavy atom. The zero-order chi connectivity index (χ0) is 15.9. The number of aromatic amines is 1. The molecule has 2 aromatic rings. The van der Waals surface area contributed by atoms with Gasteiger partial charge in [0.2, 0.25) is 0 Å². The number of nitrogens with one attached hydrogen (secondary N) is 1. The number of methoxy groups -OCH3 is 1. The molecule has 22 heavy (non-hydrogen) atoms. The molecule has 1 aliphatic heterocycles. The van der Waals surface area contributed by atoms with E-state index in [4.69, 9.17) is 4.74 Å². The second-order valence-electron chi connectivity index (χ2n) is 6.02. The number of ether oxygens (including phenoxy) is 1. The Bertz CT molecular complexity index is 701. The molecule has 6 heteroatoms. The number of carbonyl (C=O) groups is 1. The monoisotopic (exact) mass is 302 g/mol. The van der Waals surface area contributed by atoms with Crippen LogP contribution in [0.25, 0.3) is 0 Å². The zero-order valence-electron chi connectivity index (χ0n) is 13.5. The Kier molecular flexibility index (Phi) is 3.78. The highest BCUT2D eigenvalue weighted by Gasteiger charge is 2.32. The summed E-state index contributed by atoms with van der Waals surface area (Å²) in [5, 5.41) is 0. The number of aryl methyl sites for hydroxylation is 3. The molecule has 0 aliphatic carbocycles. The molecule has 0 aromatic carbocycles. The molecule has 1 N–H and O–H groups in total. The number of aromatic nitrogens is 3. The van der Waals surface area contributed by atoms with Crippen LogP contribution in [0.5, 0.6) is 0 Å². The fraction of sp³-hybridized carbons (Fsp3) is 0.500. The van der Waals surface area contributed by atoms with Crippen molar-refractivity contribution in [3.8, 4) is 0 Å². The molecule has 0 unspecified atom stereocenters. The van der Waals surface area contributed by atoms with E-state index in [2.05, 4.69) is 9.97 Å². The van der Waals surface area contributed by atoms with Crippen LogP contribution in [0.4, 0.5) is 0 Å². The molecule has 6 nitrogen and oxygen atoms in total. The first kappa shape index (κ1) is 14.8. The van der Waals surface area contributed by atoms with E-state index < -0.39 is 0 Å². The van der Waals surface area contributed by atoms with Gasteiger partial charge < -0.3 is 19.2 Å². The van der Waals surface area contributed by atoms with Crippen molar-refractivity contribution in [3.05, 3.63) is 40.7 Å². The minimum atomic E-state index is 0.0549. The van der Waals surface area contributed by atoms with Crippen LogP contribution in [0, 0.1) is 13.8 Å². The van der Waals surface area contributed by atoms with E-state index in [1.54, 1.807) is 7.11 Å². The van der Waals surface area contributed by atoms with Gasteiger partial charge in [-0.15, -0.1) is 0 Å². The summed E-state index contributed by atoms with van der Waals surface area (Å²) in [6, 6.07) is 1.91. The minimum absolute atomic E-state index is 0.0549. The Labute approximate surface area is 130 Å². The Hall–Kier alpha value is -2.08. The van der Waals surface area contributed by atoms with Crippen molar-refractivity contribution in [1.82, 2.24) is 19.4 Å². The maximum Gasteiger partial charge on any atom is 0.256 e. The van der Waals surface area contributed by atoms with Crippen LogP contribution < -0.4 is 0 Å². The average molecular weight is 302 g/mol. The van der Waals surface area contributed by atoms with Crippen LogP contribution in [0.3, 0.4) is 0 Å². The maximum atomic E-state index is 12.8. The third-order valence-corrected chi connectivity index (χ3v) is 4.27. The summed E-state index contributed by atoms with van der Waals surface area (Å²) in [7, 11) is 3.68. The van der Waals surface area contributed by atoms with Crippen molar-refractivity contribution in [1.29, 1.82) is 0 Å². The first-order valence-electron chi connectivity index (χ1n) is 7.45. The van der Waals surface area contributed by atoms with Gasteiger partial charge in [-0.2, -0.15) is 0 Å². The molecule has 0 radical (unpaired) electrons. The van der Waals surface area contributed by atoms with Gasteiger partial charge in [0.15, 0.2) is 0 Å². The largest absolute Gasteiger partial charge is 0.384 e. The summed E-state index contributed by atoms with van der Waals surface area (Å²) in [5.74, 6) is 0.213. The van der Waals surface area contributed by atoms with E-state index in [1.165, 1.54) is 5.69 Å². The number of nitrogens with zero attached hydrogens (tertiary/aromatic N) is 3. The molecule has 0 saturated heterocycles. The molecule has 2 aromatic heterocycles. The smallest absolute Gasteiger partial charge is 0.256 e. The molecule has 3 heterocycles. The fourth-order valence-corrected chi connectivity index (χ4v) is 3.34. The van der Waals surface area contributed by atoms with E-state index in [-0.39, 0.29) is 11.8 Å². The molecule has 0 bridgehead atoms. The lowest BCUT2D eigenvalue weighted by Crippen LogP contribution is -2.40. The summed E-state index contributed by atoms with van der Waals surface area (Å²) in [4.78, 5) is 22.3. The van der Waals surface area contributed by atoms with Crippen LogP contribution in [0.2, 0.25) is 0 Å². The molecule has 1 amide bonds. The fourth-order valence-electron chi connectivity index (χ4n) is 3.34. The number of rotatable bonds is 3. The van der Waals surface area contributed by atoms with E-state index in [0.717, 1.165) is 22.6 Å². The van der Waals surface area contributed by atoms with Gasteiger partial charge in [-0.25, -0.2) is 4.98 Å². The standard InChI is InChI=1S/C16H22N4O2/c1-10-5-13(11(2)18-10)16(21)20-6-12(8-22-4)15-14(7-20)17-9-19(15)3/h5,9,12,18H,6-8H2,1-4H3/t12-/m0/s1.